The van der Waals surface area contributed by atoms with E-state index in [1.165, 1.54) is 0 Å². The van der Waals surface area contributed by atoms with Crippen molar-refractivity contribution in [2.45, 2.75) is 44.8 Å². The van der Waals surface area contributed by atoms with Crippen LogP contribution in [-0.2, 0) is 11.2 Å². The number of H-pyrrole nitrogens is 1. The standard InChI is InChI=1S/C20H27N5O4/c1-2-29-20-15(4-3-9-22-20)19(28)24-16-6-5-13(12-17(16)26)18(27)21-10-7-14-8-11-23-25-14/h3-4,8-9,11,13,16-17,26H,2,5-7,10,12H2,1H3,(H,21,27)(H,23,25)(H,24,28)/t13-,16-,17-/m0/s1. The minimum atomic E-state index is -0.789. The number of pyridine rings is 1. The summed E-state index contributed by atoms with van der Waals surface area (Å²) in [5.41, 5.74) is 1.29. The van der Waals surface area contributed by atoms with Gasteiger partial charge < -0.3 is 20.5 Å². The van der Waals surface area contributed by atoms with E-state index in [1.807, 2.05) is 13.0 Å². The van der Waals surface area contributed by atoms with E-state index in [4.69, 9.17) is 4.74 Å². The number of aromatic nitrogens is 3. The molecule has 0 saturated heterocycles. The zero-order valence-electron chi connectivity index (χ0n) is 16.4. The molecule has 1 fully saturated rings. The SMILES string of the molecule is CCOc1ncccc1C(=O)N[C@H]1CC[C@H](C(=O)NCCc2ccn[nH]2)C[C@@H]1O. The summed E-state index contributed by atoms with van der Waals surface area (Å²) < 4.78 is 5.39. The van der Waals surface area contributed by atoms with Crippen molar-refractivity contribution in [1.29, 1.82) is 0 Å². The van der Waals surface area contributed by atoms with Crippen LogP contribution in [0.15, 0.2) is 30.6 Å². The van der Waals surface area contributed by atoms with E-state index in [0.717, 1.165) is 5.69 Å². The number of hydrogen-bond acceptors (Lipinski definition) is 6. The summed E-state index contributed by atoms with van der Waals surface area (Å²) in [7, 11) is 0. The number of aliphatic hydroxyl groups excluding tert-OH is 1. The fraction of sp³-hybridized carbons (Fsp3) is 0.500. The number of rotatable bonds is 8. The summed E-state index contributed by atoms with van der Waals surface area (Å²) in [6, 6.07) is 4.76. The molecule has 2 heterocycles. The van der Waals surface area contributed by atoms with E-state index in [0.29, 0.717) is 44.4 Å². The molecular weight excluding hydrogens is 374 g/mol. The molecule has 0 bridgehead atoms. The first-order valence-corrected chi connectivity index (χ1v) is 9.91. The van der Waals surface area contributed by atoms with Crippen LogP contribution < -0.4 is 15.4 Å². The van der Waals surface area contributed by atoms with E-state index in [2.05, 4.69) is 25.8 Å². The normalized spacial score (nSPS) is 21.4. The lowest BCUT2D eigenvalue weighted by molar-refractivity contribution is -0.127. The predicted octanol–water partition coefficient (Wildman–Crippen LogP) is 0.822. The fourth-order valence-electron chi connectivity index (χ4n) is 3.50. The Kier molecular flexibility index (Phi) is 7.18. The Hall–Kier alpha value is -2.94. The molecule has 0 radical (unpaired) electrons. The topological polar surface area (TPSA) is 129 Å². The summed E-state index contributed by atoms with van der Waals surface area (Å²) in [6.07, 6.45) is 4.56. The second-order valence-electron chi connectivity index (χ2n) is 7.07. The first-order chi connectivity index (χ1) is 14.1. The van der Waals surface area contributed by atoms with Crippen LogP contribution in [0.25, 0.3) is 0 Å². The number of nitrogens with zero attached hydrogens (tertiary/aromatic N) is 2. The Morgan fingerprint density at radius 1 is 1.31 bits per heavy atom. The summed E-state index contributed by atoms with van der Waals surface area (Å²) in [5, 5.41) is 23.0. The second kappa shape index (κ2) is 10.0. The third-order valence-electron chi connectivity index (χ3n) is 5.05. The molecule has 29 heavy (non-hydrogen) atoms. The van der Waals surface area contributed by atoms with Crippen LogP contribution in [0.2, 0.25) is 0 Å². The van der Waals surface area contributed by atoms with Gasteiger partial charge in [0.2, 0.25) is 11.8 Å². The third-order valence-corrected chi connectivity index (χ3v) is 5.05. The molecule has 0 spiro atoms. The van der Waals surface area contributed by atoms with Gasteiger partial charge in [-0.3, -0.25) is 14.7 Å². The smallest absolute Gasteiger partial charge is 0.257 e. The van der Waals surface area contributed by atoms with E-state index < -0.39 is 12.1 Å². The Morgan fingerprint density at radius 2 is 2.17 bits per heavy atom. The highest BCUT2D eigenvalue weighted by Crippen LogP contribution is 2.26. The number of ether oxygens (including phenoxy) is 1. The van der Waals surface area contributed by atoms with Crippen molar-refractivity contribution in [2.75, 3.05) is 13.2 Å². The highest BCUT2D eigenvalue weighted by Gasteiger charge is 2.34. The molecule has 0 aliphatic heterocycles. The Labute approximate surface area is 169 Å². The largest absolute Gasteiger partial charge is 0.477 e. The molecule has 9 heteroatoms. The predicted molar refractivity (Wildman–Crippen MR) is 105 cm³/mol. The van der Waals surface area contributed by atoms with Gasteiger partial charge in [-0.2, -0.15) is 5.10 Å². The molecular formula is C20H27N5O4. The van der Waals surface area contributed by atoms with Crippen LogP contribution in [-0.4, -0.2) is 57.4 Å². The lowest BCUT2D eigenvalue weighted by Crippen LogP contribution is -2.49. The van der Waals surface area contributed by atoms with Gasteiger partial charge in [0.25, 0.3) is 5.91 Å². The molecule has 0 aromatic carbocycles. The van der Waals surface area contributed by atoms with Crippen molar-refractivity contribution in [1.82, 2.24) is 25.8 Å². The summed E-state index contributed by atoms with van der Waals surface area (Å²) >= 11 is 0. The molecule has 0 unspecified atom stereocenters. The molecule has 2 amide bonds. The highest BCUT2D eigenvalue weighted by molar-refractivity contribution is 5.96. The van der Waals surface area contributed by atoms with Gasteiger partial charge in [0, 0.05) is 37.0 Å². The fourth-order valence-corrected chi connectivity index (χ4v) is 3.50. The Bertz CT molecular complexity index is 811. The lowest BCUT2D eigenvalue weighted by atomic mass is 9.83. The molecule has 1 saturated carbocycles. The molecule has 4 N–H and O–H groups in total. The van der Waals surface area contributed by atoms with Gasteiger partial charge >= 0.3 is 0 Å². The number of aromatic amines is 1. The van der Waals surface area contributed by atoms with E-state index in [9.17, 15) is 14.7 Å². The van der Waals surface area contributed by atoms with E-state index in [1.54, 1.807) is 24.5 Å². The maximum atomic E-state index is 12.6. The van der Waals surface area contributed by atoms with Gasteiger partial charge in [-0.25, -0.2) is 4.98 Å². The first-order valence-electron chi connectivity index (χ1n) is 9.91. The van der Waals surface area contributed by atoms with Crippen molar-refractivity contribution in [2.24, 2.45) is 5.92 Å². The minimum absolute atomic E-state index is 0.0702. The van der Waals surface area contributed by atoms with E-state index in [-0.39, 0.29) is 23.6 Å². The molecule has 156 valence electrons. The van der Waals surface area contributed by atoms with Crippen LogP contribution in [0.5, 0.6) is 5.88 Å². The quantitative estimate of drug-likeness (QED) is 0.518. The number of hydrogen-bond donors (Lipinski definition) is 4. The maximum absolute atomic E-state index is 12.6. The van der Waals surface area contributed by atoms with Crippen molar-refractivity contribution >= 4 is 11.8 Å². The van der Waals surface area contributed by atoms with E-state index >= 15 is 0 Å². The van der Waals surface area contributed by atoms with Gasteiger partial charge in [0.1, 0.15) is 5.56 Å². The summed E-state index contributed by atoms with van der Waals surface area (Å²) in [4.78, 5) is 29.1. The Balaban J connectivity index is 1.48. The number of nitrogens with one attached hydrogen (secondary N) is 3. The average Bonchev–Trinajstić information content (AvgIpc) is 3.23. The van der Waals surface area contributed by atoms with Crippen LogP contribution >= 0.6 is 0 Å². The van der Waals surface area contributed by atoms with Crippen molar-refractivity contribution in [3.8, 4) is 5.88 Å². The molecule has 9 nitrogen and oxygen atoms in total. The van der Waals surface area contributed by atoms with Crippen LogP contribution in [0.1, 0.15) is 42.2 Å². The van der Waals surface area contributed by atoms with Crippen LogP contribution in [0, 0.1) is 5.92 Å². The minimum Gasteiger partial charge on any atom is -0.477 e. The lowest BCUT2D eigenvalue weighted by Gasteiger charge is -2.33. The highest BCUT2D eigenvalue weighted by atomic mass is 16.5. The van der Waals surface area contributed by atoms with Crippen LogP contribution in [0.3, 0.4) is 0 Å². The molecule has 3 rings (SSSR count). The van der Waals surface area contributed by atoms with Crippen LogP contribution in [0.4, 0.5) is 0 Å². The van der Waals surface area contributed by atoms with Crippen molar-refractivity contribution < 1.29 is 19.4 Å². The Morgan fingerprint density at radius 3 is 2.90 bits per heavy atom. The number of carbonyl (C=O) groups excluding carboxylic acids is 2. The summed E-state index contributed by atoms with van der Waals surface area (Å²) in [5.74, 6) is -0.406. The van der Waals surface area contributed by atoms with Gasteiger partial charge in [0.05, 0.1) is 18.8 Å². The van der Waals surface area contributed by atoms with Gasteiger partial charge in [-0.05, 0) is 44.4 Å². The average molecular weight is 401 g/mol. The molecule has 2 aromatic heterocycles. The number of amides is 2. The molecule has 1 aliphatic rings. The number of carbonyl (C=O) groups is 2. The molecule has 1 aliphatic carbocycles. The zero-order chi connectivity index (χ0) is 20.6. The van der Waals surface area contributed by atoms with Crippen molar-refractivity contribution in [3.05, 3.63) is 41.9 Å². The maximum Gasteiger partial charge on any atom is 0.257 e. The second-order valence-corrected chi connectivity index (χ2v) is 7.07. The monoisotopic (exact) mass is 401 g/mol. The van der Waals surface area contributed by atoms with Gasteiger partial charge in [-0.15, -0.1) is 0 Å². The molecule has 2 aromatic rings. The van der Waals surface area contributed by atoms with Crippen molar-refractivity contribution in [3.63, 3.8) is 0 Å². The molecule has 3 atom stereocenters. The zero-order valence-corrected chi connectivity index (χ0v) is 16.4. The van der Waals surface area contributed by atoms with Gasteiger partial charge in [-0.1, -0.05) is 0 Å². The third kappa shape index (κ3) is 5.54. The first kappa shape index (κ1) is 20.8. The van der Waals surface area contributed by atoms with Gasteiger partial charge in [0.15, 0.2) is 0 Å². The summed E-state index contributed by atoms with van der Waals surface area (Å²) in [6.45, 7) is 2.73. The number of aliphatic hydroxyl groups is 1.